The Labute approximate surface area is 155 Å². The van der Waals surface area contributed by atoms with E-state index in [1.807, 2.05) is 6.07 Å². The first-order valence-corrected chi connectivity index (χ1v) is 9.74. The number of aliphatic hydroxyl groups excluding tert-OH is 1. The van der Waals surface area contributed by atoms with Gasteiger partial charge in [0.25, 0.3) is 0 Å². The zero-order chi connectivity index (χ0) is 18.7. The molecule has 142 valence electrons. The minimum Gasteiger partial charge on any atom is -0.394 e. The van der Waals surface area contributed by atoms with Gasteiger partial charge < -0.3 is 15.7 Å². The van der Waals surface area contributed by atoms with Crippen molar-refractivity contribution in [2.45, 2.75) is 64.5 Å². The molecule has 3 rings (SSSR count). The van der Waals surface area contributed by atoms with Gasteiger partial charge in [0.05, 0.1) is 18.6 Å². The zero-order valence-corrected chi connectivity index (χ0v) is 15.8. The van der Waals surface area contributed by atoms with E-state index in [4.69, 9.17) is 0 Å². The van der Waals surface area contributed by atoms with Crippen LogP contribution in [0.5, 0.6) is 0 Å². The summed E-state index contributed by atoms with van der Waals surface area (Å²) in [6, 6.07) is 6.03. The lowest BCUT2D eigenvalue weighted by Crippen LogP contribution is -2.55. The van der Waals surface area contributed by atoms with Crippen LogP contribution in [-0.4, -0.2) is 35.6 Å². The molecule has 1 aliphatic heterocycles. The third-order valence-electron chi connectivity index (χ3n) is 6.04. The molecule has 4 unspecified atom stereocenters. The second-order valence-corrected chi connectivity index (χ2v) is 7.94. The third kappa shape index (κ3) is 4.26. The molecule has 2 fully saturated rings. The first-order chi connectivity index (χ1) is 12.5. The number of benzene rings is 1. The fraction of sp³-hybridized carbons (Fsp3) is 0.619. The lowest BCUT2D eigenvalue weighted by atomic mass is 9.72. The first kappa shape index (κ1) is 18.9. The number of carbonyl (C=O) groups is 2. The van der Waals surface area contributed by atoms with E-state index >= 15 is 0 Å². The largest absolute Gasteiger partial charge is 0.394 e. The molecular formula is C21H30N2O3. The second kappa shape index (κ2) is 8.21. The van der Waals surface area contributed by atoms with Crippen molar-refractivity contribution in [2.24, 2.45) is 11.8 Å². The summed E-state index contributed by atoms with van der Waals surface area (Å²) in [4.78, 5) is 24.9. The summed E-state index contributed by atoms with van der Waals surface area (Å²) in [5.41, 5.74) is 3.54. The average molecular weight is 358 g/mol. The SMILES string of the molecule is Cc1ccc(CC(CO)NC(=O)C2CC(=O)NC3CCCCC32)cc1C. The molecule has 0 radical (unpaired) electrons. The fourth-order valence-corrected chi connectivity index (χ4v) is 4.41. The summed E-state index contributed by atoms with van der Waals surface area (Å²) in [5, 5.41) is 15.8. The Kier molecular flexibility index (Phi) is 5.97. The molecular weight excluding hydrogens is 328 g/mol. The maximum atomic E-state index is 12.9. The first-order valence-electron chi connectivity index (χ1n) is 9.74. The Hall–Kier alpha value is -1.88. The number of carbonyl (C=O) groups excluding carboxylic acids is 2. The smallest absolute Gasteiger partial charge is 0.224 e. The molecule has 1 aromatic rings. The standard InChI is InChI=1S/C21H30N2O3/c1-13-7-8-15(9-14(13)2)10-16(12-24)22-21(26)18-11-20(25)23-19-6-4-3-5-17(18)19/h7-9,16-19,24H,3-6,10-12H2,1-2H3,(H,22,26)(H,23,25). The van der Waals surface area contributed by atoms with Crippen molar-refractivity contribution in [1.29, 1.82) is 0 Å². The summed E-state index contributed by atoms with van der Waals surface area (Å²) in [5.74, 6) is -0.159. The minimum atomic E-state index is -0.323. The fourth-order valence-electron chi connectivity index (χ4n) is 4.41. The molecule has 0 spiro atoms. The number of fused-ring (bicyclic) bond motifs is 1. The molecule has 26 heavy (non-hydrogen) atoms. The molecule has 5 nitrogen and oxygen atoms in total. The number of rotatable bonds is 5. The van der Waals surface area contributed by atoms with E-state index in [2.05, 4.69) is 36.6 Å². The molecule has 0 aromatic heterocycles. The van der Waals surface area contributed by atoms with Crippen molar-refractivity contribution >= 4 is 11.8 Å². The van der Waals surface area contributed by atoms with E-state index < -0.39 is 0 Å². The molecule has 4 atom stereocenters. The molecule has 1 aliphatic carbocycles. The molecule has 1 saturated heterocycles. The van der Waals surface area contributed by atoms with Crippen LogP contribution in [0.15, 0.2) is 18.2 Å². The van der Waals surface area contributed by atoms with E-state index in [9.17, 15) is 14.7 Å². The van der Waals surface area contributed by atoms with Crippen molar-refractivity contribution in [1.82, 2.24) is 10.6 Å². The summed E-state index contributed by atoms with van der Waals surface area (Å²) in [7, 11) is 0. The minimum absolute atomic E-state index is 0.0250. The molecule has 1 aromatic carbocycles. The number of piperidine rings is 1. The van der Waals surface area contributed by atoms with Gasteiger partial charge in [-0.3, -0.25) is 9.59 Å². The van der Waals surface area contributed by atoms with Gasteiger partial charge in [0.15, 0.2) is 0 Å². The van der Waals surface area contributed by atoms with Gasteiger partial charge in [0.1, 0.15) is 0 Å². The Morgan fingerprint density at radius 2 is 2.04 bits per heavy atom. The third-order valence-corrected chi connectivity index (χ3v) is 6.04. The molecule has 1 heterocycles. The number of aryl methyl sites for hydroxylation is 2. The van der Waals surface area contributed by atoms with Gasteiger partial charge in [-0.05, 0) is 55.7 Å². The van der Waals surface area contributed by atoms with Gasteiger partial charge >= 0.3 is 0 Å². The highest BCUT2D eigenvalue weighted by Gasteiger charge is 2.41. The predicted molar refractivity (Wildman–Crippen MR) is 101 cm³/mol. The summed E-state index contributed by atoms with van der Waals surface area (Å²) in [6.07, 6.45) is 5.04. The number of hydrogen-bond donors (Lipinski definition) is 3. The lowest BCUT2D eigenvalue weighted by molar-refractivity contribution is -0.138. The highest BCUT2D eigenvalue weighted by molar-refractivity contribution is 5.87. The Morgan fingerprint density at radius 3 is 2.77 bits per heavy atom. The maximum absolute atomic E-state index is 12.9. The van der Waals surface area contributed by atoms with Crippen LogP contribution in [0.4, 0.5) is 0 Å². The van der Waals surface area contributed by atoms with Crippen LogP contribution in [0, 0.1) is 25.7 Å². The highest BCUT2D eigenvalue weighted by Crippen LogP contribution is 2.35. The quantitative estimate of drug-likeness (QED) is 0.753. The van der Waals surface area contributed by atoms with Crippen LogP contribution < -0.4 is 10.6 Å². The van der Waals surface area contributed by atoms with Gasteiger partial charge in [-0.15, -0.1) is 0 Å². The van der Waals surface area contributed by atoms with E-state index in [1.165, 1.54) is 11.1 Å². The van der Waals surface area contributed by atoms with E-state index in [0.29, 0.717) is 6.42 Å². The monoisotopic (exact) mass is 358 g/mol. The average Bonchev–Trinajstić information content (AvgIpc) is 2.63. The van der Waals surface area contributed by atoms with Crippen molar-refractivity contribution in [3.05, 3.63) is 34.9 Å². The Balaban J connectivity index is 1.65. The normalized spacial score (nSPS) is 26.6. The van der Waals surface area contributed by atoms with Crippen molar-refractivity contribution in [3.63, 3.8) is 0 Å². The number of aliphatic hydroxyl groups is 1. The van der Waals surface area contributed by atoms with Gasteiger partial charge in [0, 0.05) is 12.5 Å². The van der Waals surface area contributed by atoms with Crippen molar-refractivity contribution in [3.8, 4) is 0 Å². The maximum Gasteiger partial charge on any atom is 0.224 e. The van der Waals surface area contributed by atoms with Crippen molar-refractivity contribution in [2.75, 3.05) is 6.61 Å². The molecule has 5 heteroatoms. The van der Waals surface area contributed by atoms with Crippen LogP contribution in [0.1, 0.15) is 48.8 Å². The molecule has 1 saturated carbocycles. The zero-order valence-electron chi connectivity index (χ0n) is 15.8. The van der Waals surface area contributed by atoms with Gasteiger partial charge in [-0.25, -0.2) is 0 Å². The van der Waals surface area contributed by atoms with Crippen LogP contribution in [-0.2, 0) is 16.0 Å². The van der Waals surface area contributed by atoms with E-state index in [-0.39, 0.29) is 48.8 Å². The summed E-state index contributed by atoms with van der Waals surface area (Å²) >= 11 is 0. The van der Waals surface area contributed by atoms with Crippen LogP contribution >= 0.6 is 0 Å². The predicted octanol–water partition coefficient (Wildman–Crippen LogP) is 2.02. The van der Waals surface area contributed by atoms with Gasteiger partial charge in [-0.1, -0.05) is 31.0 Å². The Morgan fingerprint density at radius 1 is 1.27 bits per heavy atom. The molecule has 3 N–H and O–H groups in total. The van der Waals surface area contributed by atoms with Crippen LogP contribution in [0.2, 0.25) is 0 Å². The van der Waals surface area contributed by atoms with Crippen molar-refractivity contribution < 1.29 is 14.7 Å². The van der Waals surface area contributed by atoms with Crippen LogP contribution in [0.3, 0.4) is 0 Å². The molecule has 0 bridgehead atoms. The number of nitrogens with one attached hydrogen (secondary N) is 2. The summed E-state index contributed by atoms with van der Waals surface area (Å²) in [6.45, 7) is 4.03. The number of hydrogen-bond acceptors (Lipinski definition) is 3. The van der Waals surface area contributed by atoms with Gasteiger partial charge in [-0.2, -0.15) is 0 Å². The second-order valence-electron chi connectivity index (χ2n) is 7.94. The lowest BCUT2D eigenvalue weighted by Gasteiger charge is -2.41. The summed E-state index contributed by atoms with van der Waals surface area (Å²) < 4.78 is 0. The van der Waals surface area contributed by atoms with E-state index in [1.54, 1.807) is 0 Å². The highest BCUT2D eigenvalue weighted by atomic mass is 16.3. The van der Waals surface area contributed by atoms with E-state index in [0.717, 1.165) is 31.2 Å². The Bertz CT molecular complexity index is 673. The number of amides is 2. The molecule has 2 amide bonds. The van der Waals surface area contributed by atoms with Crippen LogP contribution in [0.25, 0.3) is 0 Å². The molecule has 2 aliphatic rings. The van der Waals surface area contributed by atoms with Gasteiger partial charge in [0.2, 0.25) is 11.8 Å². The topological polar surface area (TPSA) is 78.4 Å².